The lowest BCUT2D eigenvalue weighted by molar-refractivity contribution is 0.420. The quantitative estimate of drug-likeness (QED) is 0.628. The van der Waals surface area contributed by atoms with E-state index in [1.807, 2.05) is 18.2 Å². The largest absolute Gasteiger partial charge is 0.416 e. The molecule has 0 atom stereocenters. The minimum atomic E-state index is 0.629. The van der Waals surface area contributed by atoms with Crippen molar-refractivity contribution in [2.24, 2.45) is 0 Å². The lowest BCUT2D eigenvalue weighted by Gasteiger charge is -1.99. The summed E-state index contributed by atoms with van der Waals surface area (Å²) >= 11 is 1.57. The Labute approximate surface area is 134 Å². The van der Waals surface area contributed by atoms with Crippen molar-refractivity contribution in [1.29, 1.82) is 0 Å². The molecule has 0 spiro atoms. The third-order valence-electron chi connectivity index (χ3n) is 3.44. The van der Waals surface area contributed by atoms with Crippen LogP contribution in [0.25, 0.3) is 0 Å². The average molecular weight is 310 g/mol. The molecular formula is C18H18N2OS. The number of hydrogen-bond donors (Lipinski definition) is 0. The van der Waals surface area contributed by atoms with Gasteiger partial charge in [0.05, 0.1) is 6.42 Å². The molecule has 0 aliphatic rings. The Balaban J connectivity index is 1.58. The lowest BCUT2D eigenvalue weighted by atomic mass is 10.1. The van der Waals surface area contributed by atoms with Crippen LogP contribution < -0.4 is 0 Å². The van der Waals surface area contributed by atoms with Crippen molar-refractivity contribution in [3.05, 3.63) is 77.2 Å². The summed E-state index contributed by atoms with van der Waals surface area (Å²) in [6.07, 6.45) is 1.74. The molecule has 0 fully saturated rings. The van der Waals surface area contributed by atoms with Gasteiger partial charge in [-0.2, -0.15) is 0 Å². The molecule has 3 aromatic rings. The predicted molar refractivity (Wildman–Crippen MR) is 88.9 cm³/mol. The van der Waals surface area contributed by atoms with Gasteiger partial charge in [-0.05, 0) is 23.1 Å². The van der Waals surface area contributed by atoms with Crippen LogP contribution in [0.4, 0.5) is 0 Å². The van der Waals surface area contributed by atoms with Crippen LogP contribution in [0.1, 0.15) is 29.5 Å². The van der Waals surface area contributed by atoms with E-state index in [1.54, 1.807) is 11.8 Å². The highest BCUT2D eigenvalue weighted by Crippen LogP contribution is 2.22. The van der Waals surface area contributed by atoms with E-state index in [-0.39, 0.29) is 0 Å². The summed E-state index contributed by atoms with van der Waals surface area (Å²) < 4.78 is 5.71. The fraction of sp³-hybridized carbons (Fsp3) is 0.222. The van der Waals surface area contributed by atoms with E-state index in [0.29, 0.717) is 17.5 Å². The molecule has 22 heavy (non-hydrogen) atoms. The second-order valence-corrected chi connectivity index (χ2v) is 6.01. The highest BCUT2D eigenvalue weighted by molar-refractivity contribution is 7.98. The van der Waals surface area contributed by atoms with Crippen LogP contribution in [-0.4, -0.2) is 10.2 Å². The number of aromatic nitrogens is 2. The van der Waals surface area contributed by atoms with Gasteiger partial charge in [0.15, 0.2) is 0 Å². The number of benzene rings is 2. The first-order valence-electron chi connectivity index (χ1n) is 7.40. The van der Waals surface area contributed by atoms with Crippen LogP contribution in [0, 0.1) is 0 Å². The Morgan fingerprint density at radius 2 is 1.59 bits per heavy atom. The summed E-state index contributed by atoms with van der Waals surface area (Å²) in [7, 11) is 0. The van der Waals surface area contributed by atoms with E-state index in [4.69, 9.17) is 4.42 Å². The van der Waals surface area contributed by atoms with Gasteiger partial charge in [0.25, 0.3) is 5.22 Å². The van der Waals surface area contributed by atoms with Crippen molar-refractivity contribution in [3.8, 4) is 0 Å². The van der Waals surface area contributed by atoms with Gasteiger partial charge in [0, 0.05) is 5.75 Å². The molecule has 0 radical (unpaired) electrons. The number of rotatable bonds is 6. The summed E-state index contributed by atoms with van der Waals surface area (Å²) in [6.45, 7) is 2.16. The van der Waals surface area contributed by atoms with Crippen molar-refractivity contribution in [3.63, 3.8) is 0 Å². The monoisotopic (exact) mass is 310 g/mol. The third-order valence-corrected chi connectivity index (χ3v) is 4.33. The summed E-state index contributed by atoms with van der Waals surface area (Å²) in [5, 5.41) is 8.87. The molecule has 0 amide bonds. The second kappa shape index (κ2) is 7.27. The Hall–Kier alpha value is -2.07. The molecule has 0 N–H and O–H groups in total. The predicted octanol–water partition coefficient (Wildman–Crippen LogP) is 4.52. The van der Waals surface area contributed by atoms with Gasteiger partial charge in [-0.25, -0.2) is 0 Å². The van der Waals surface area contributed by atoms with Crippen LogP contribution in [-0.2, 0) is 18.6 Å². The molecular weight excluding hydrogens is 292 g/mol. The number of thioether (sulfide) groups is 1. The molecule has 0 unspecified atom stereocenters. The van der Waals surface area contributed by atoms with Crippen molar-refractivity contribution in [1.82, 2.24) is 10.2 Å². The van der Waals surface area contributed by atoms with Crippen LogP contribution in [0.15, 0.2) is 64.2 Å². The maximum atomic E-state index is 5.71. The van der Waals surface area contributed by atoms with Crippen molar-refractivity contribution in [2.45, 2.75) is 30.7 Å². The van der Waals surface area contributed by atoms with Crippen LogP contribution >= 0.6 is 11.8 Å². The number of hydrogen-bond acceptors (Lipinski definition) is 4. The van der Waals surface area contributed by atoms with E-state index >= 15 is 0 Å². The smallest absolute Gasteiger partial charge is 0.276 e. The highest BCUT2D eigenvalue weighted by Gasteiger charge is 2.08. The molecule has 3 rings (SSSR count). The fourth-order valence-electron chi connectivity index (χ4n) is 2.15. The van der Waals surface area contributed by atoms with Crippen LogP contribution in [0.5, 0.6) is 0 Å². The molecule has 112 valence electrons. The van der Waals surface area contributed by atoms with Gasteiger partial charge in [0.1, 0.15) is 0 Å². The van der Waals surface area contributed by atoms with Crippen molar-refractivity contribution >= 4 is 11.8 Å². The Morgan fingerprint density at radius 1 is 0.864 bits per heavy atom. The Morgan fingerprint density at radius 3 is 2.32 bits per heavy atom. The summed E-state index contributed by atoms with van der Waals surface area (Å²) in [5.74, 6) is 1.51. The molecule has 4 heteroatoms. The number of aryl methyl sites for hydroxylation is 1. The van der Waals surface area contributed by atoms with Gasteiger partial charge in [-0.1, -0.05) is 73.3 Å². The first-order valence-corrected chi connectivity index (χ1v) is 8.39. The minimum absolute atomic E-state index is 0.629. The Kier molecular flexibility index (Phi) is 4.91. The van der Waals surface area contributed by atoms with Crippen molar-refractivity contribution < 1.29 is 4.42 Å². The summed E-state index contributed by atoms with van der Waals surface area (Å²) in [6, 6.07) is 18.8. The first-order chi connectivity index (χ1) is 10.8. The van der Waals surface area contributed by atoms with E-state index in [1.165, 1.54) is 16.7 Å². The average Bonchev–Trinajstić information content (AvgIpc) is 3.02. The zero-order chi connectivity index (χ0) is 15.2. The summed E-state index contributed by atoms with van der Waals surface area (Å²) in [5.41, 5.74) is 3.79. The first kappa shape index (κ1) is 14.9. The molecule has 3 nitrogen and oxygen atoms in total. The lowest BCUT2D eigenvalue weighted by Crippen LogP contribution is -1.89. The van der Waals surface area contributed by atoms with Gasteiger partial charge in [0.2, 0.25) is 5.89 Å². The van der Waals surface area contributed by atoms with Crippen molar-refractivity contribution in [2.75, 3.05) is 0 Å². The maximum Gasteiger partial charge on any atom is 0.276 e. The van der Waals surface area contributed by atoms with Crippen LogP contribution in [0.2, 0.25) is 0 Å². The standard InChI is InChI=1S/C18H18N2OS/c1-2-14-8-10-15(11-9-14)12-17-19-20-18(21-17)22-13-16-6-4-3-5-7-16/h3-11H,2,12-13H2,1H3. The van der Waals surface area contributed by atoms with Gasteiger partial charge >= 0.3 is 0 Å². The van der Waals surface area contributed by atoms with E-state index < -0.39 is 0 Å². The molecule has 1 aromatic heterocycles. The molecule has 0 aliphatic heterocycles. The third kappa shape index (κ3) is 3.98. The molecule has 0 aliphatic carbocycles. The zero-order valence-electron chi connectivity index (χ0n) is 12.5. The fourth-order valence-corrected chi connectivity index (χ4v) is 2.89. The van der Waals surface area contributed by atoms with E-state index in [0.717, 1.165) is 12.2 Å². The van der Waals surface area contributed by atoms with Gasteiger partial charge in [-0.15, -0.1) is 10.2 Å². The molecule has 1 heterocycles. The second-order valence-electron chi connectivity index (χ2n) is 5.08. The van der Waals surface area contributed by atoms with Gasteiger partial charge < -0.3 is 4.42 Å². The normalized spacial score (nSPS) is 10.8. The SMILES string of the molecule is CCc1ccc(Cc2nnc(SCc3ccccc3)o2)cc1. The molecule has 0 saturated heterocycles. The topological polar surface area (TPSA) is 38.9 Å². The van der Waals surface area contributed by atoms with E-state index in [9.17, 15) is 0 Å². The zero-order valence-corrected chi connectivity index (χ0v) is 13.3. The van der Waals surface area contributed by atoms with Crippen LogP contribution in [0.3, 0.4) is 0 Å². The van der Waals surface area contributed by atoms with E-state index in [2.05, 4.69) is 53.5 Å². The highest BCUT2D eigenvalue weighted by atomic mass is 32.2. The Bertz CT molecular complexity index is 707. The summed E-state index contributed by atoms with van der Waals surface area (Å²) in [4.78, 5) is 0. The maximum absolute atomic E-state index is 5.71. The molecule has 0 saturated carbocycles. The molecule has 2 aromatic carbocycles. The number of nitrogens with zero attached hydrogens (tertiary/aromatic N) is 2. The minimum Gasteiger partial charge on any atom is -0.416 e. The van der Waals surface area contributed by atoms with Gasteiger partial charge in [-0.3, -0.25) is 0 Å². The molecule has 0 bridgehead atoms.